The summed E-state index contributed by atoms with van der Waals surface area (Å²) >= 11 is 0. The third kappa shape index (κ3) is 2.78. The van der Waals surface area contributed by atoms with Gasteiger partial charge in [0.1, 0.15) is 11.5 Å². The van der Waals surface area contributed by atoms with Gasteiger partial charge in [0.15, 0.2) is 0 Å². The monoisotopic (exact) mass is 247 g/mol. The van der Waals surface area contributed by atoms with Crippen molar-refractivity contribution >= 4 is 11.8 Å². The Morgan fingerprint density at radius 3 is 2.50 bits per heavy atom. The van der Waals surface area contributed by atoms with Crippen LogP contribution in [0.3, 0.4) is 0 Å². The summed E-state index contributed by atoms with van der Waals surface area (Å²) < 4.78 is 0. The fraction of sp³-hybridized carbons (Fsp3) is 0.615. The highest BCUT2D eigenvalue weighted by molar-refractivity contribution is 5.93. The zero-order valence-corrected chi connectivity index (χ0v) is 11.3. The fourth-order valence-corrected chi connectivity index (χ4v) is 2.66. The molecule has 1 aliphatic rings. The quantitative estimate of drug-likeness (QED) is 0.614. The van der Waals surface area contributed by atoms with Crippen LogP contribution in [0.15, 0.2) is 6.07 Å². The zero-order valence-electron chi connectivity index (χ0n) is 11.3. The zero-order chi connectivity index (χ0) is 13.3. The number of nitrogens with zero attached hydrogens (tertiary/aromatic N) is 3. The minimum absolute atomic E-state index is 0.000133. The molecule has 18 heavy (non-hydrogen) atoms. The van der Waals surface area contributed by atoms with Gasteiger partial charge in [0.2, 0.25) is 5.95 Å². The third-order valence-electron chi connectivity index (χ3n) is 3.27. The van der Waals surface area contributed by atoms with E-state index in [2.05, 4.69) is 28.7 Å². The largest absolute Gasteiger partial charge is 0.382 e. The van der Waals surface area contributed by atoms with Crippen molar-refractivity contribution in [3.8, 4) is 0 Å². The van der Waals surface area contributed by atoms with Gasteiger partial charge in [0.05, 0.1) is 0 Å². The lowest BCUT2D eigenvalue weighted by atomic mass is 9.92. The van der Waals surface area contributed by atoms with Crippen molar-refractivity contribution in [2.24, 2.45) is 17.6 Å². The Labute approximate surface area is 108 Å². The van der Waals surface area contributed by atoms with Crippen molar-refractivity contribution in [2.75, 3.05) is 18.0 Å². The number of anilines is 1. The lowest BCUT2D eigenvalue weighted by molar-refractivity contribution is 0.353. The van der Waals surface area contributed by atoms with Crippen LogP contribution in [-0.2, 0) is 0 Å². The molecular weight excluding hydrogens is 226 g/mol. The topological polar surface area (TPSA) is 78.9 Å². The van der Waals surface area contributed by atoms with Gasteiger partial charge in [0, 0.05) is 18.8 Å². The predicted molar refractivity (Wildman–Crippen MR) is 72.9 cm³/mol. The Hall–Kier alpha value is -1.65. The molecule has 1 fully saturated rings. The molecule has 1 aromatic rings. The molecule has 2 rings (SSSR count). The molecule has 0 aliphatic carbocycles. The van der Waals surface area contributed by atoms with Gasteiger partial charge in [0.25, 0.3) is 0 Å². The van der Waals surface area contributed by atoms with E-state index in [4.69, 9.17) is 11.1 Å². The molecule has 5 heteroatoms. The molecule has 2 heterocycles. The van der Waals surface area contributed by atoms with E-state index < -0.39 is 0 Å². The number of amidine groups is 1. The van der Waals surface area contributed by atoms with Crippen LogP contribution in [0, 0.1) is 24.2 Å². The maximum absolute atomic E-state index is 7.49. The second kappa shape index (κ2) is 4.92. The first-order valence-electron chi connectivity index (χ1n) is 6.40. The average Bonchev–Trinajstić information content (AvgIpc) is 2.26. The van der Waals surface area contributed by atoms with E-state index in [0.29, 0.717) is 23.5 Å². The summed E-state index contributed by atoms with van der Waals surface area (Å²) in [5.41, 5.74) is 6.88. The number of nitrogens with one attached hydrogen (secondary N) is 1. The van der Waals surface area contributed by atoms with Crippen molar-refractivity contribution in [1.82, 2.24) is 9.97 Å². The van der Waals surface area contributed by atoms with Crippen molar-refractivity contribution in [1.29, 1.82) is 5.41 Å². The van der Waals surface area contributed by atoms with E-state index in [-0.39, 0.29) is 5.84 Å². The van der Waals surface area contributed by atoms with Gasteiger partial charge in [-0.05, 0) is 31.2 Å². The van der Waals surface area contributed by atoms with Crippen molar-refractivity contribution in [3.05, 3.63) is 17.5 Å². The van der Waals surface area contributed by atoms with E-state index in [9.17, 15) is 0 Å². The van der Waals surface area contributed by atoms with Gasteiger partial charge in [-0.1, -0.05) is 13.8 Å². The lowest BCUT2D eigenvalue weighted by Crippen LogP contribution is -2.40. The molecule has 98 valence electrons. The normalized spacial score (nSPS) is 24.1. The van der Waals surface area contributed by atoms with Crippen molar-refractivity contribution in [3.63, 3.8) is 0 Å². The van der Waals surface area contributed by atoms with Crippen LogP contribution in [0.25, 0.3) is 0 Å². The Bertz CT molecular complexity index is 447. The molecule has 1 aromatic heterocycles. The smallest absolute Gasteiger partial charge is 0.226 e. The highest BCUT2D eigenvalue weighted by atomic mass is 15.3. The van der Waals surface area contributed by atoms with Gasteiger partial charge < -0.3 is 10.6 Å². The highest BCUT2D eigenvalue weighted by Crippen LogP contribution is 2.24. The van der Waals surface area contributed by atoms with E-state index in [1.54, 1.807) is 6.07 Å². The summed E-state index contributed by atoms with van der Waals surface area (Å²) in [5, 5.41) is 7.49. The van der Waals surface area contributed by atoms with Crippen LogP contribution in [-0.4, -0.2) is 28.9 Å². The van der Waals surface area contributed by atoms with E-state index in [0.717, 1.165) is 18.8 Å². The Kier molecular flexibility index (Phi) is 3.50. The van der Waals surface area contributed by atoms with E-state index >= 15 is 0 Å². The highest BCUT2D eigenvalue weighted by Gasteiger charge is 2.24. The molecule has 0 saturated carbocycles. The standard InChI is InChI=1S/C13H21N5/c1-8-4-9(2)7-18(6-8)13-16-10(3)5-11(17-13)12(14)15/h5,8-9H,4,6-7H2,1-3H3,(H3,14,15). The molecule has 0 radical (unpaired) electrons. The third-order valence-corrected chi connectivity index (χ3v) is 3.27. The molecule has 5 nitrogen and oxygen atoms in total. The van der Waals surface area contributed by atoms with Crippen LogP contribution in [0.1, 0.15) is 31.7 Å². The molecular formula is C13H21N5. The van der Waals surface area contributed by atoms with Crippen LogP contribution in [0.5, 0.6) is 0 Å². The minimum Gasteiger partial charge on any atom is -0.382 e. The summed E-state index contributed by atoms with van der Waals surface area (Å²) in [6.07, 6.45) is 1.25. The number of rotatable bonds is 2. The maximum Gasteiger partial charge on any atom is 0.226 e. The molecule has 0 spiro atoms. The fourth-order valence-electron chi connectivity index (χ4n) is 2.66. The summed E-state index contributed by atoms with van der Waals surface area (Å²) in [6, 6.07) is 1.75. The summed E-state index contributed by atoms with van der Waals surface area (Å²) in [7, 11) is 0. The second-order valence-corrected chi connectivity index (χ2v) is 5.46. The number of piperidine rings is 1. The van der Waals surface area contributed by atoms with Gasteiger partial charge in [-0.2, -0.15) is 0 Å². The van der Waals surface area contributed by atoms with Gasteiger partial charge >= 0.3 is 0 Å². The lowest BCUT2D eigenvalue weighted by Gasteiger charge is -2.35. The second-order valence-electron chi connectivity index (χ2n) is 5.46. The maximum atomic E-state index is 7.49. The Balaban J connectivity index is 2.29. The van der Waals surface area contributed by atoms with E-state index in [1.165, 1.54) is 6.42 Å². The molecule has 0 amide bonds. The number of hydrogen-bond donors (Lipinski definition) is 2. The van der Waals surface area contributed by atoms with Crippen LogP contribution in [0.2, 0.25) is 0 Å². The first kappa shape index (κ1) is 12.8. The molecule has 1 saturated heterocycles. The number of nitrogens with two attached hydrogens (primary N) is 1. The first-order valence-corrected chi connectivity index (χ1v) is 6.40. The van der Waals surface area contributed by atoms with Gasteiger partial charge in [-0.25, -0.2) is 9.97 Å². The van der Waals surface area contributed by atoms with Crippen LogP contribution < -0.4 is 10.6 Å². The van der Waals surface area contributed by atoms with Crippen molar-refractivity contribution in [2.45, 2.75) is 27.2 Å². The van der Waals surface area contributed by atoms with Crippen LogP contribution in [0.4, 0.5) is 5.95 Å². The molecule has 2 unspecified atom stereocenters. The van der Waals surface area contributed by atoms with E-state index in [1.807, 2.05) is 6.92 Å². The van der Waals surface area contributed by atoms with Crippen molar-refractivity contribution < 1.29 is 0 Å². The number of aromatic nitrogens is 2. The summed E-state index contributed by atoms with van der Waals surface area (Å²) in [4.78, 5) is 11.1. The molecule has 0 bridgehead atoms. The molecule has 1 aliphatic heterocycles. The number of nitrogen functional groups attached to an aromatic ring is 1. The molecule has 3 N–H and O–H groups in total. The Morgan fingerprint density at radius 1 is 1.33 bits per heavy atom. The number of hydrogen-bond acceptors (Lipinski definition) is 4. The van der Waals surface area contributed by atoms with Gasteiger partial charge in [-0.3, -0.25) is 5.41 Å². The minimum atomic E-state index is -0.000133. The SMILES string of the molecule is Cc1cc(C(=N)N)nc(N2CC(C)CC(C)C2)n1. The molecule has 2 atom stereocenters. The summed E-state index contributed by atoms with van der Waals surface area (Å²) in [6.45, 7) is 8.37. The first-order chi connectivity index (χ1) is 8.45. The number of aryl methyl sites for hydroxylation is 1. The Morgan fingerprint density at radius 2 is 1.94 bits per heavy atom. The molecule has 0 aromatic carbocycles. The predicted octanol–water partition coefficient (Wildman–Crippen LogP) is 1.55. The van der Waals surface area contributed by atoms with Crippen LogP contribution >= 0.6 is 0 Å². The summed E-state index contributed by atoms with van der Waals surface area (Å²) in [5.74, 6) is 2.01. The average molecular weight is 247 g/mol. The van der Waals surface area contributed by atoms with Gasteiger partial charge in [-0.15, -0.1) is 0 Å².